The Morgan fingerprint density at radius 1 is 1.73 bits per heavy atom. The highest BCUT2D eigenvalue weighted by Gasteiger charge is 2.20. The van der Waals surface area contributed by atoms with E-state index >= 15 is 0 Å². The Kier molecular flexibility index (Phi) is 4.57. The van der Waals surface area contributed by atoms with Gasteiger partial charge in [0.25, 0.3) is 0 Å². The van der Waals surface area contributed by atoms with E-state index < -0.39 is 10.0 Å². The molecule has 15 heavy (non-hydrogen) atoms. The molecular formula is C7H10BrClN2O2S2. The minimum Gasteiger partial charge on any atom is -0.329 e. The molecule has 86 valence electrons. The van der Waals surface area contributed by atoms with Crippen LogP contribution in [0.15, 0.2) is 14.1 Å². The second-order valence-corrected chi connectivity index (χ2v) is 7.66. The first-order chi connectivity index (χ1) is 6.86. The molecule has 0 aliphatic heterocycles. The van der Waals surface area contributed by atoms with E-state index in [1.807, 2.05) is 0 Å². The van der Waals surface area contributed by atoms with Crippen LogP contribution in [0.1, 0.15) is 6.92 Å². The summed E-state index contributed by atoms with van der Waals surface area (Å²) in [6.07, 6.45) is 0. The molecule has 0 bridgehead atoms. The van der Waals surface area contributed by atoms with E-state index in [0.717, 1.165) is 11.3 Å². The van der Waals surface area contributed by atoms with E-state index in [1.165, 1.54) is 6.07 Å². The van der Waals surface area contributed by atoms with Gasteiger partial charge in [-0.3, -0.25) is 0 Å². The molecule has 1 aromatic rings. The third kappa shape index (κ3) is 3.40. The topological polar surface area (TPSA) is 72.2 Å². The van der Waals surface area contributed by atoms with Gasteiger partial charge < -0.3 is 5.73 Å². The minimum absolute atomic E-state index is 0.180. The molecule has 0 spiro atoms. The molecule has 4 nitrogen and oxygen atoms in total. The number of nitrogens with one attached hydrogen (secondary N) is 1. The fourth-order valence-corrected chi connectivity index (χ4v) is 4.50. The summed E-state index contributed by atoms with van der Waals surface area (Å²) in [4.78, 5) is 0. The summed E-state index contributed by atoms with van der Waals surface area (Å²) >= 11 is 9.98. The third-order valence-electron chi connectivity index (χ3n) is 1.60. The molecule has 1 unspecified atom stereocenters. The molecule has 0 saturated heterocycles. The van der Waals surface area contributed by atoms with E-state index in [1.54, 1.807) is 6.92 Å². The summed E-state index contributed by atoms with van der Waals surface area (Å²) in [6.45, 7) is 1.95. The number of thiophene rings is 1. The maximum atomic E-state index is 11.7. The molecule has 1 aromatic heterocycles. The zero-order valence-corrected chi connectivity index (χ0v) is 11.8. The molecular weight excluding hydrogens is 324 g/mol. The van der Waals surface area contributed by atoms with Gasteiger partial charge in [-0.2, -0.15) is 0 Å². The van der Waals surface area contributed by atoms with Crippen LogP contribution < -0.4 is 10.5 Å². The van der Waals surface area contributed by atoms with Gasteiger partial charge in [-0.25, -0.2) is 13.1 Å². The van der Waals surface area contributed by atoms with Crippen LogP contribution in [0.25, 0.3) is 0 Å². The lowest BCUT2D eigenvalue weighted by Gasteiger charge is -2.09. The normalized spacial score (nSPS) is 14.1. The van der Waals surface area contributed by atoms with Crippen molar-refractivity contribution in [2.45, 2.75) is 17.2 Å². The monoisotopic (exact) mass is 332 g/mol. The van der Waals surface area contributed by atoms with Crippen LogP contribution in [0.2, 0.25) is 5.02 Å². The highest BCUT2D eigenvalue weighted by atomic mass is 79.9. The van der Waals surface area contributed by atoms with Crippen LogP contribution in [-0.4, -0.2) is 21.0 Å². The van der Waals surface area contributed by atoms with E-state index in [0.29, 0.717) is 8.81 Å². The van der Waals surface area contributed by atoms with Crippen molar-refractivity contribution in [1.29, 1.82) is 0 Å². The quantitative estimate of drug-likeness (QED) is 0.882. The van der Waals surface area contributed by atoms with E-state index in [2.05, 4.69) is 20.7 Å². The Balaban J connectivity index is 2.96. The Hall–Kier alpha value is 0.340. The smallest absolute Gasteiger partial charge is 0.250 e. The number of sulfonamides is 1. The molecule has 0 fully saturated rings. The van der Waals surface area contributed by atoms with Crippen molar-refractivity contribution in [3.63, 3.8) is 0 Å². The standard InChI is InChI=1S/C7H10BrClN2O2S2/c1-4(3-10)11-15(12,13)6-2-5(9)7(8)14-6/h2,4,11H,3,10H2,1H3. The number of rotatable bonds is 4. The summed E-state index contributed by atoms with van der Waals surface area (Å²) in [6, 6.07) is 1.11. The van der Waals surface area contributed by atoms with Crippen molar-refractivity contribution in [2.24, 2.45) is 5.73 Å². The molecule has 1 atom stereocenters. The average Bonchev–Trinajstić information content (AvgIpc) is 2.47. The van der Waals surface area contributed by atoms with Gasteiger partial charge in [0.15, 0.2) is 0 Å². The summed E-state index contributed by atoms with van der Waals surface area (Å²) in [7, 11) is -3.50. The van der Waals surface area contributed by atoms with Crippen LogP contribution in [-0.2, 0) is 10.0 Å². The van der Waals surface area contributed by atoms with Crippen molar-refractivity contribution in [3.8, 4) is 0 Å². The number of hydrogen-bond donors (Lipinski definition) is 2. The van der Waals surface area contributed by atoms with Gasteiger partial charge in [-0.15, -0.1) is 11.3 Å². The Morgan fingerprint density at radius 3 is 2.73 bits per heavy atom. The predicted octanol–water partition coefficient (Wildman–Crippen LogP) is 1.79. The van der Waals surface area contributed by atoms with Crippen molar-refractivity contribution in [3.05, 3.63) is 14.9 Å². The fourth-order valence-electron chi connectivity index (χ4n) is 0.830. The van der Waals surface area contributed by atoms with Crippen molar-refractivity contribution in [2.75, 3.05) is 6.54 Å². The lowest BCUT2D eigenvalue weighted by atomic mass is 10.4. The van der Waals surface area contributed by atoms with Gasteiger partial charge in [-0.05, 0) is 28.9 Å². The first-order valence-electron chi connectivity index (χ1n) is 4.04. The van der Waals surface area contributed by atoms with Gasteiger partial charge in [0.1, 0.15) is 4.21 Å². The number of hydrogen-bond acceptors (Lipinski definition) is 4. The first kappa shape index (κ1) is 13.4. The molecule has 0 aliphatic carbocycles. The van der Waals surface area contributed by atoms with Crippen molar-refractivity contribution in [1.82, 2.24) is 4.72 Å². The van der Waals surface area contributed by atoms with Gasteiger partial charge >= 0.3 is 0 Å². The summed E-state index contributed by atoms with van der Waals surface area (Å²) in [5.41, 5.74) is 5.33. The fraction of sp³-hybridized carbons (Fsp3) is 0.429. The molecule has 1 rings (SSSR count). The Morgan fingerprint density at radius 2 is 2.33 bits per heavy atom. The molecule has 0 saturated carbocycles. The SMILES string of the molecule is CC(CN)NS(=O)(=O)c1cc(Cl)c(Br)s1. The summed E-state index contributed by atoms with van der Waals surface area (Å²) in [5.74, 6) is 0. The maximum Gasteiger partial charge on any atom is 0.250 e. The van der Waals surface area contributed by atoms with Crippen LogP contribution >= 0.6 is 38.9 Å². The van der Waals surface area contributed by atoms with E-state index in [4.69, 9.17) is 17.3 Å². The lowest BCUT2D eigenvalue weighted by Crippen LogP contribution is -2.37. The average molecular weight is 334 g/mol. The van der Waals surface area contributed by atoms with E-state index in [-0.39, 0.29) is 16.8 Å². The van der Waals surface area contributed by atoms with Crippen LogP contribution in [0.5, 0.6) is 0 Å². The second-order valence-electron chi connectivity index (χ2n) is 2.95. The van der Waals surface area contributed by atoms with Gasteiger partial charge in [0, 0.05) is 12.6 Å². The second kappa shape index (κ2) is 5.11. The Bertz CT molecular complexity index is 426. The molecule has 1 heterocycles. The van der Waals surface area contributed by atoms with Crippen LogP contribution in [0, 0.1) is 0 Å². The highest BCUT2D eigenvalue weighted by Crippen LogP contribution is 2.34. The number of nitrogens with two attached hydrogens (primary N) is 1. The molecule has 3 N–H and O–H groups in total. The molecule has 0 amide bonds. The Labute approximate surface area is 106 Å². The molecule has 8 heteroatoms. The summed E-state index contributed by atoms with van der Waals surface area (Å²) in [5, 5.41) is 0.390. The predicted molar refractivity (Wildman–Crippen MR) is 65.9 cm³/mol. The van der Waals surface area contributed by atoms with Crippen molar-refractivity contribution < 1.29 is 8.42 Å². The molecule has 0 aliphatic rings. The van der Waals surface area contributed by atoms with Crippen LogP contribution in [0.3, 0.4) is 0 Å². The largest absolute Gasteiger partial charge is 0.329 e. The molecule has 0 radical (unpaired) electrons. The van der Waals surface area contributed by atoms with E-state index in [9.17, 15) is 8.42 Å². The summed E-state index contributed by atoms with van der Waals surface area (Å²) < 4.78 is 26.7. The van der Waals surface area contributed by atoms with Gasteiger partial charge in [-0.1, -0.05) is 11.6 Å². The third-order valence-corrected chi connectivity index (χ3v) is 6.14. The van der Waals surface area contributed by atoms with Gasteiger partial charge in [0.05, 0.1) is 8.81 Å². The zero-order chi connectivity index (χ0) is 11.6. The van der Waals surface area contributed by atoms with Gasteiger partial charge in [0.2, 0.25) is 10.0 Å². The molecule has 0 aromatic carbocycles. The highest BCUT2D eigenvalue weighted by molar-refractivity contribution is 9.11. The number of halogens is 2. The maximum absolute atomic E-state index is 11.7. The first-order valence-corrected chi connectivity index (χ1v) is 7.51. The minimum atomic E-state index is -3.50. The van der Waals surface area contributed by atoms with Crippen LogP contribution in [0.4, 0.5) is 0 Å². The lowest BCUT2D eigenvalue weighted by molar-refractivity contribution is 0.564. The zero-order valence-electron chi connectivity index (χ0n) is 7.83. The van der Waals surface area contributed by atoms with Crippen molar-refractivity contribution >= 4 is 48.9 Å².